The smallest absolute Gasteiger partial charge is 0.155 e. The molecule has 1 N–H and O–H groups in total. The fourth-order valence-electron chi connectivity index (χ4n) is 2.73. The molecular weight excluding hydrogens is 178 g/mol. The van der Waals surface area contributed by atoms with Crippen molar-refractivity contribution < 1.29 is 9.53 Å². The van der Waals surface area contributed by atoms with Crippen LogP contribution in [0.15, 0.2) is 24.5 Å². The largest absolute Gasteiger partial charge is 0.500 e. The number of rotatable bonds is 0. The molecule has 1 fully saturated rings. The molecule has 4 unspecified atom stereocenters. The number of hydrogen-bond acceptors (Lipinski definition) is 3. The van der Waals surface area contributed by atoms with Gasteiger partial charge < -0.3 is 10.1 Å². The third-order valence-electron chi connectivity index (χ3n) is 3.43. The van der Waals surface area contributed by atoms with E-state index in [1.807, 2.05) is 6.08 Å². The molecule has 0 radical (unpaired) electrons. The molecule has 1 aliphatic carbocycles. The summed E-state index contributed by atoms with van der Waals surface area (Å²) in [6.45, 7) is 0.732. The van der Waals surface area contributed by atoms with Crippen LogP contribution in [-0.2, 0) is 9.53 Å². The highest BCUT2D eigenvalue weighted by Gasteiger charge is 2.43. The summed E-state index contributed by atoms with van der Waals surface area (Å²) in [5, 5.41) is 3.50. The Morgan fingerprint density at radius 3 is 3.29 bits per heavy atom. The van der Waals surface area contributed by atoms with E-state index in [0.29, 0.717) is 30.3 Å². The van der Waals surface area contributed by atoms with Crippen LogP contribution in [0.3, 0.4) is 0 Å². The van der Waals surface area contributed by atoms with E-state index in [-0.39, 0.29) is 5.78 Å². The Morgan fingerprint density at radius 1 is 1.43 bits per heavy atom. The number of carbonyl (C=O) groups is 1. The SMILES string of the molecule is O=C1C=CC2NC3COC=CC3C2C1. The minimum absolute atomic E-state index is 0.258. The maximum absolute atomic E-state index is 11.3. The Kier molecular flexibility index (Phi) is 1.74. The van der Waals surface area contributed by atoms with Crippen LogP contribution >= 0.6 is 0 Å². The van der Waals surface area contributed by atoms with E-state index in [4.69, 9.17) is 4.74 Å². The highest BCUT2D eigenvalue weighted by atomic mass is 16.5. The summed E-state index contributed by atoms with van der Waals surface area (Å²) in [5.74, 6) is 1.17. The average molecular weight is 191 g/mol. The molecule has 14 heavy (non-hydrogen) atoms. The van der Waals surface area contributed by atoms with Gasteiger partial charge in [-0.3, -0.25) is 4.79 Å². The third kappa shape index (κ3) is 1.12. The van der Waals surface area contributed by atoms with Gasteiger partial charge in [0, 0.05) is 24.4 Å². The maximum atomic E-state index is 11.3. The van der Waals surface area contributed by atoms with Gasteiger partial charge in [0.1, 0.15) is 6.61 Å². The summed E-state index contributed by atoms with van der Waals surface area (Å²) in [6.07, 6.45) is 8.25. The fourth-order valence-corrected chi connectivity index (χ4v) is 2.73. The van der Waals surface area contributed by atoms with Crippen molar-refractivity contribution in [3.8, 4) is 0 Å². The average Bonchev–Trinajstić information content (AvgIpc) is 2.56. The second-order valence-electron chi connectivity index (χ2n) is 4.23. The summed E-state index contributed by atoms with van der Waals surface area (Å²) in [6, 6.07) is 0.764. The molecule has 0 saturated carbocycles. The molecular formula is C11H13NO2. The monoisotopic (exact) mass is 191 g/mol. The normalized spacial score (nSPS) is 44.4. The lowest BCUT2D eigenvalue weighted by Gasteiger charge is -2.24. The number of carbonyl (C=O) groups excluding carboxylic acids is 1. The van der Waals surface area contributed by atoms with Crippen molar-refractivity contribution in [3.05, 3.63) is 24.5 Å². The van der Waals surface area contributed by atoms with Gasteiger partial charge in [-0.15, -0.1) is 0 Å². The van der Waals surface area contributed by atoms with Crippen molar-refractivity contribution in [3.63, 3.8) is 0 Å². The van der Waals surface area contributed by atoms with Crippen molar-refractivity contribution in [1.82, 2.24) is 5.32 Å². The van der Waals surface area contributed by atoms with Crippen LogP contribution in [0.25, 0.3) is 0 Å². The highest BCUT2D eigenvalue weighted by Crippen LogP contribution is 2.36. The van der Waals surface area contributed by atoms with Gasteiger partial charge in [0.05, 0.1) is 6.26 Å². The van der Waals surface area contributed by atoms with Gasteiger partial charge in [-0.05, 0) is 18.1 Å². The molecule has 4 atom stereocenters. The minimum atomic E-state index is 0.258. The number of hydrogen-bond donors (Lipinski definition) is 1. The molecule has 2 aliphatic heterocycles. The van der Waals surface area contributed by atoms with Crippen LogP contribution in [0.4, 0.5) is 0 Å². The Hall–Kier alpha value is -1.09. The molecule has 0 spiro atoms. The first-order valence-corrected chi connectivity index (χ1v) is 5.10. The molecule has 2 heterocycles. The molecule has 0 aromatic heterocycles. The van der Waals surface area contributed by atoms with E-state index < -0.39 is 0 Å². The first-order chi connectivity index (χ1) is 6.84. The topological polar surface area (TPSA) is 38.3 Å². The lowest BCUT2D eigenvalue weighted by atomic mass is 9.80. The van der Waals surface area contributed by atoms with Gasteiger partial charge >= 0.3 is 0 Å². The molecule has 0 bridgehead atoms. The Morgan fingerprint density at radius 2 is 2.36 bits per heavy atom. The molecule has 0 aromatic carbocycles. The van der Waals surface area contributed by atoms with Crippen LogP contribution in [0.1, 0.15) is 6.42 Å². The summed E-state index contributed by atoms with van der Waals surface area (Å²) < 4.78 is 5.26. The van der Waals surface area contributed by atoms with Crippen molar-refractivity contribution in [2.75, 3.05) is 6.61 Å². The van der Waals surface area contributed by atoms with E-state index in [9.17, 15) is 4.79 Å². The highest BCUT2D eigenvalue weighted by molar-refractivity contribution is 5.91. The second kappa shape index (κ2) is 2.95. The number of fused-ring (bicyclic) bond motifs is 3. The quantitative estimate of drug-likeness (QED) is 0.610. The first-order valence-electron chi connectivity index (χ1n) is 5.10. The van der Waals surface area contributed by atoms with Crippen molar-refractivity contribution in [1.29, 1.82) is 0 Å². The van der Waals surface area contributed by atoms with E-state index in [2.05, 4.69) is 11.4 Å². The summed E-state index contributed by atoms with van der Waals surface area (Å²) >= 11 is 0. The Balaban J connectivity index is 1.90. The molecule has 0 amide bonds. The van der Waals surface area contributed by atoms with Crippen LogP contribution in [0, 0.1) is 11.8 Å². The van der Waals surface area contributed by atoms with Gasteiger partial charge in [0.2, 0.25) is 0 Å². The predicted octanol–water partition coefficient (Wildman–Crippen LogP) is 0.632. The summed E-state index contributed by atoms with van der Waals surface area (Å²) in [5.41, 5.74) is 0. The van der Waals surface area contributed by atoms with Crippen LogP contribution < -0.4 is 5.32 Å². The van der Waals surface area contributed by atoms with Gasteiger partial charge in [-0.1, -0.05) is 6.08 Å². The Bertz CT molecular complexity index is 321. The summed E-state index contributed by atoms with van der Waals surface area (Å²) in [4.78, 5) is 11.3. The van der Waals surface area contributed by atoms with Gasteiger partial charge in [-0.25, -0.2) is 0 Å². The molecule has 74 valence electrons. The first kappa shape index (κ1) is 8.24. The van der Waals surface area contributed by atoms with E-state index in [1.54, 1.807) is 12.3 Å². The number of allylic oxidation sites excluding steroid dienone is 1. The van der Waals surface area contributed by atoms with Crippen LogP contribution in [0.2, 0.25) is 0 Å². The van der Waals surface area contributed by atoms with Crippen molar-refractivity contribution >= 4 is 5.78 Å². The molecule has 0 aromatic rings. The molecule has 3 aliphatic rings. The summed E-state index contributed by atoms with van der Waals surface area (Å²) in [7, 11) is 0. The molecule has 3 heteroatoms. The van der Waals surface area contributed by atoms with Crippen LogP contribution in [0.5, 0.6) is 0 Å². The van der Waals surface area contributed by atoms with Crippen molar-refractivity contribution in [2.24, 2.45) is 11.8 Å². The van der Waals surface area contributed by atoms with Gasteiger partial charge in [0.25, 0.3) is 0 Å². The minimum Gasteiger partial charge on any atom is -0.500 e. The third-order valence-corrected chi connectivity index (χ3v) is 3.43. The van der Waals surface area contributed by atoms with Gasteiger partial charge in [0.15, 0.2) is 5.78 Å². The maximum Gasteiger partial charge on any atom is 0.155 e. The molecule has 1 saturated heterocycles. The standard InChI is InChI=1S/C11H13NO2/c13-7-1-2-10-9(5-7)8-3-4-14-6-11(8)12-10/h1-4,8-12H,5-6H2. The van der Waals surface area contributed by atoms with Gasteiger partial charge in [-0.2, -0.15) is 0 Å². The molecule has 3 rings (SSSR count). The van der Waals surface area contributed by atoms with E-state index >= 15 is 0 Å². The zero-order chi connectivity index (χ0) is 9.54. The lowest BCUT2D eigenvalue weighted by Crippen LogP contribution is -2.35. The van der Waals surface area contributed by atoms with Crippen molar-refractivity contribution in [2.45, 2.75) is 18.5 Å². The van der Waals surface area contributed by atoms with E-state index in [1.165, 1.54) is 0 Å². The zero-order valence-electron chi connectivity index (χ0n) is 7.85. The second-order valence-corrected chi connectivity index (χ2v) is 4.23. The number of ketones is 1. The Labute approximate surface area is 82.8 Å². The fraction of sp³-hybridized carbons (Fsp3) is 0.545. The lowest BCUT2D eigenvalue weighted by molar-refractivity contribution is -0.116. The molecule has 3 nitrogen and oxygen atoms in total. The van der Waals surface area contributed by atoms with E-state index in [0.717, 1.165) is 6.61 Å². The zero-order valence-corrected chi connectivity index (χ0v) is 7.85. The predicted molar refractivity (Wildman–Crippen MR) is 51.5 cm³/mol. The number of nitrogens with one attached hydrogen (secondary N) is 1. The number of ether oxygens (including phenoxy) is 1. The van der Waals surface area contributed by atoms with Crippen LogP contribution in [-0.4, -0.2) is 24.5 Å².